The van der Waals surface area contributed by atoms with Gasteiger partial charge in [-0.15, -0.1) is 0 Å². The lowest BCUT2D eigenvalue weighted by molar-refractivity contribution is 0.0958. The monoisotopic (exact) mass is 260 g/mol. The molecule has 0 aromatic heterocycles. The van der Waals surface area contributed by atoms with Gasteiger partial charge in [0.15, 0.2) is 0 Å². The van der Waals surface area contributed by atoms with E-state index in [0.29, 0.717) is 16.3 Å². The second-order valence-electron chi connectivity index (χ2n) is 3.99. The molecule has 0 aliphatic rings. The summed E-state index contributed by atoms with van der Waals surface area (Å²) in [6.45, 7) is 3.74. The average molecular weight is 261 g/mol. The normalized spacial score (nSPS) is 10.3. The number of benzene rings is 2. The Hall–Kier alpha value is -2.00. The molecule has 92 valence electrons. The highest BCUT2D eigenvalue weighted by Crippen LogP contribution is 2.21. The van der Waals surface area contributed by atoms with E-state index in [1.165, 1.54) is 0 Å². The minimum atomic E-state index is -0.250. The van der Waals surface area contributed by atoms with Crippen LogP contribution < -0.4 is 11.1 Å². The van der Waals surface area contributed by atoms with E-state index in [1.54, 1.807) is 12.1 Å². The fourth-order valence-corrected chi connectivity index (χ4v) is 1.79. The molecule has 0 saturated heterocycles. The number of carbonyl (C=O) groups excluding carboxylic acids is 1. The van der Waals surface area contributed by atoms with Crippen molar-refractivity contribution in [2.24, 2.45) is 0 Å². The number of amides is 1. The fraction of sp³-hybridized carbons (Fsp3) is 0.0714. The highest BCUT2D eigenvalue weighted by atomic mass is 35.5. The third-order valence-corrected chi connectivity index (χ3v) is 2.74. The average Bonchev–Trinajstić information content (AvgIpc) is 2.35. The number of nitrogen functional groups attached to an aromatic ring is 1. The van der Waals surface area contributed by atoms with E-state index in [0.717, 1.165) is 10.8 Å². The molecule has 3 nitrogen and oxygen atoms in total. The molecular formula is C14H13ClN2O. The van der Waals surface area contributed by atoms with Gasteiger partial charge in [-0.25, -0.2) is 0 Å². The number of rotatable bonds is 3. The quantitative estimate of drug-likeness (QED) is 0.834. The molecule has 0 fully saturated rings. The van der Waals surface area contributed by atoms with E-state index in [1.807, 2.05) is 24.3 Å². The summed E-state index contributed by atoms with van der Waals surface area (Å²) in [5.74, 6) is -0.250. The summed E-state index contributed by atoms with van der Waals surface area (Å²) in [6.07, 6.45) is 0. The number of carbonyl (C=O) groups is 1. The lowest BCUT2D eigenvalue weighted by Gasteiger charge is -2.08. The van der Waals surface area contributed by atoms with Gasteiger partial charge in [0.2, 0.25) is 0 Å². The van der Waals surface area contributed by atoms with Crippen molar-refractivity contribution in [2.75, 3.05) is 12.3 Å². The lowest BCUT2D eigenvalue weighted by Crippen LogP contribution is -2.25. The molecular weight excluding hydrogens is 248 g/mol. The molecule has 0 bridgehead atoms. The summed E-state index contributed by atoms with van der Waals surface area (Å²) in [5.41, 5.74) is 6.78. The van der Waals surface area contributed by atoms with E-state index in [2.05, 4.69) is 11.9 Å². The van der Waals surface area contributed by atoms with Crippen LogP contribution in [-0.4, -0.2) is 12.5 Å². The Morgan fingerprint density at radius 1 is 1.28 bits per heavy atom. The molecule has 18 heavy (non-hydrogen) atoms. The van der Waals surface area contributed by atoms with Gasteiger partial charge in [0, 0.05) is 10.7 Å². The van der Waals surface area contributed by atoms with Crippen molar-refractivity contribution in [3.05, 3.63) is 53.6 Å². The van der Waals surface area contributed by atoms with Crippen molar-refractivity contribution in [2.45, 2.75) is 0 Å². The molecule has 0 atom stereocenters. The lowest BCUT2D eigenvalue weighted by atomic mass is 10.0. The van der Waals surface area contributed by atoms with Crippen LogP contribution in [0.2, 0.25) is 0 Å². The van der Waals surface area contributed by atoms with E-state index in [9.17, 15) is 4.79 Å². The van der Waals surface area contributed by atoms with Crippen LogP contribution in [0.15, 0.2) is 48.0 Å². The zero-order chi connectivity index (χ0) is 13.1. The van der Waals surface area contributed by atoms with Gasteiger partial charge in [-0.2, -0.15) is 0 Å². The Morgan fingerprint density at radius 3 is 2.50 bits per heavy atom. The van der Waals surface area contributed by atoms with Gasteiger partial charge in [-0.3, -0.25) is 4.79 Å². The van der Waals surface area contributed by atoms with Gasteiger partial charge >= 0.3 is 0 Å². The molecule has 0 heterocycles. The summed E-state index contributed by atoms with van der Waals surface area (Å²) >= 11 is 5.60. The minimum Gasteiger partial charge on any atom is -0.398 e. The standard InChI is InChI=1S/C14H13ClN2O/c1-9(15)8-17-14(18)12-6-10-4-2-3-5-11(10)7-13(12)16/h2-7H,1,8,16H2,(H,17,18). The van der Waals surface area contributed by atoms with Crippen molar-refractivity contribution in [1.29, 1.82) is 0 Å². The molecule has 0 radical (unpaired) electrons. The molecule has 2 aromatic rings. The highest BCUT2D eigenvalue weighted by Gasteiger charge is 2.10. The minimum absolute atomic E-state index is 0.229. The number of nitrogens with one attached hydrogen (secondary N) is 1. The molecule has 2 rings (SSSR count). The molecule has 0 aliphatic heterocycles. The number of hydrogen-bond donors (Lipinski definition) is 2. The number of halogens is 1. The van der Waals surface area contributed by atoms with Crippen LogP contribution in [0.25, 0.3) is 10.8 Å². The molecule has 0 aliphatic carbocycles. The van der Waals surface area contributed by atoms with E-state index < -0.39 is 0 Å². The molecule has 0 saturated carbocycles. The number of nitrogens with two attached hydrogens (primary N) is 1. The van der Waals surface area contributed by atoms with Crippen LogP contribution in [0.5, 0.6) is 0 Å². The van der Waals surface area contributed by atoms with Gasteiger partial charge in [0.25, 0.3) is 5.91 Å². The van der Waals surface area contributed by atoms with Crippen molar-refractivity contribution in [3.8, 4) is 0 Å². The largest absolute Gasteiger partial charge is 0.398 e. The van der Waals surface area contributed by atoms with Gasteiger partial charge in [-0.05, 0) is 22.9 Å². The first kappa shape index (κ1) is 12.5. The second-order valence-corrected chi connectivity index (χ2v) is 4.52. The zero-order valence-electron chi connectivity index (χ0n) is 9.74. The Bertz CT molecular complexity index is 622. The van der Waals surface area contributed by atoms with Gasteiger partial charge in [0.1, 0.15) is 0 Å². The summed E-state index contributed by atoms with van der Waals surface area (Å²) in [7, 11) is 0. The van der Waals surface area contributed by atoms with Crippen LogP contribution in [-0.2, 0) is 0 Å². The number of hydrogen-bond acceptors (Lipinski definition) is 2. The maximum absolute atomic E-state index is 11.9. The second kappa shape index (κ2) is 5.10. The van der Waals surface area contributed by atoms with Gasteiger partial charge in [-0.1, -0.05) is 42.4 Å². The van der Waals surface area contributed by atoms with E-state index >= 15 is 0 Å². The third-order valence-electron chi connectivity index (χ3n) is 2.60. The van der Waals surface area contributed by atoms with Crippen molar-refractivity contribution in [3.63, 3.8) is 0 Å². The first-order chi connectivity index (χ1) is 8.58. The number of fused-ring (bicyclic) bond motifs is 1. The van der Waals surface area contributed by atoms with Gasteiger partial charge < -0.3 is 11.1 Å². The first-order valence-electron chi connectivity index (χ1n) is 5.47. The molecule has 3 N–H and O–H groups in total. The smallest absolute Gasteiger partial charge is 0.253 e. The molecule has 2 aromatic carbocycles. The molecule has 4 heteroatoms. The van der Waals surface area contributed by atoms with Gasteiger partial charge in [0.05, 0.1) is 12.1 Å². The number of anilines is 1. The van der Waals surface area contributed by atoms with Crippen LogP contribution in [0, 0.1) is 0 Å². The predicted octanol–water partition coefficient (Wildman–Crippen LogP) is 2.90. The first-order valence-corrected chi connectivity index (χ1v) is 5.85. The fourth-order valence-electron chi connectivity index (χ4n) is 1.73. The molecule has 0 unspecified atom stereocenters. The zero-order valence-corrected chi connectivity index (χ0v) is 10.5. The predicted molar refractivity (Wildman–Crippen MR) is 75.7 cm³/mol. The maximum Gasteiger partial charge on any atom is 0.253 e. The summed E-state index contributed by atoms with van der Waals surface area (Å²) in [5, 5.41) is 5.01. The molecule has 0 spiro atoms. The topological polar surface area (TPSA) is 55.1 Å². The Kier molecular flexibility index (Phi) is 3.53. The summed E-state index contributed by atoms with van der Waals surface area (Å²) < 4.78 is 0. The Labute approximate surface area is 110 Å². The van der Waals surface area contributed by atoms with Crippen LogP contribution in [0.1, 0.15) is 10.4 Å². The third kappa shape index (κ3) is 2.63. The van der Waals surface area contributed by atoms with Crippen LogP contribution >= 0.6 is 11.6 Å². The summed E-state index contributed by atoms with van der Waals surface area (Å²) in [4.78, 5) is 11.9. The molecule has 1 amide bonds. The van der Waals surface area contributed by atoms with Crippen molar-refractivity contribution >= 4 is 34.0 Å². The SMILES string of the molecule is C=C(Cl)CNC(=O)c1cc2ccccc2cc1N. The van der Waals surface area contributed by atoms with Crippen LogP contribution in [0.4, 0.5) is 5.69 Å². The van der Waals surface area contributed by atoms with E-state index in [4.69, 9.17) is 17.3 Å². The Balaban J connectivity index is 2.35. The van der Waals surface area contributed by atoms with Crippen LogP contribution in [0.3, 0.4) is 0 Å². The van der Waals surface area contributed by atoms with Crippen molar-refractivity contribution in [1.82, 2.24) is 5.32 Å². The summed E-state index contributed by atoms with van der Waals surface area (Å²) in [6, 6.07) is 11.3. The van der Waals surface area contributed by atoms with E-state index in [-0.39, 0.29) is 12.5 Å². The Morgan fingerprint density at radius 2 is 1.89 bits per heavy atom. The maximum atomic E-state index is 11.9. The highest BCUT2D eigenvalue weighted by molar-refractivity contribution is 6.29. The van der Waals surface area contributed by atoms with Crippen molar-refractivity contribution < 1.29 is 4.79 Å².